The molecule has 1 heterocycles. The maximum atomic E-state index is 9.40. The van der Waals surface area contributed by atoms with Crippen molar-refractivity contribution in [2.24, 2.45) is 7.05 Å². The van der Waals surface area contributed by atoms with Gasteiger partial charge in [0.15, 0.2) is 0 Å². The number of nitrogens with zero attached hydrogens (tertiary/aromatic N) is 2. The van der Waals surface area contributed by atoms with Crippen molar-refractivity contribution in [3.05, 3.63) is 18.0 Å². The van der Waals surface area contributed by atoms with Crippen molar-refractivity contribution < 1.29 is 5.11 Å². The van der Waals surface area contributed by atoms with Crippen molar-refractivity contribution in [3.63, 3.8) is 0 Å². The molecular formula is C12H23N3O. The van der Waals surface area contributed by atoms with Gasteiger partial charge in [0.25, 0.3) is 0 Å². The van der Waals surface area contributed by atoms with Gasteiger partial charge in [-0.1, -0.05) is 20.3 Å². The van der Waals surface area contributed by atoms with Gasteiger partial charge < -0.3 is 10.4 Å². The molecule has 0 saturated heterocycles. The van der Waals surface area contributed by atoms with Crippen LogP contribution in [0.1, 0.15) is 44.7 Å². The number of hydrogen-bond acceptors (Lipinski definition) is 3. The average Bonchev–Trinajstić information content (AvgIpc) is 2.71. The van der Waals surface area contributed by atoms with E-state index in [0.29, 0.717) is 6.04 Å². The van der Waals surface area contributed by atoms with Gasteiger partial charge in [0.05, 0.1) is 18.8 Å². The summed E-state index contributed by atoms with van der Waals surface area (Å²) in [6.07, 6.45) is 7.16. The number of hydrogen-bond donors (Lipinski definition) is 2. The highest BCUT2D eigenvalue weighted by molar-refractivity contribution is 5.10. The predicted octanol–water partition coefficient (Wildman–Crippen LogP) is 1.62. The zero-order valence-corrected chi connectivity index (χ0v) is 10.5. The van der Waals surface area contributed by atoms with Gasteiger partial charge >= 0.3 is 0 Å². The Morgan fingerprint density at radius 2 is 2.25 bits per heavy atom. The molecule has 0 aliphatic rings. The first kappa shape index (κ1) is 13.2. The first-order chi connectivity index (χ1) is 7.71. The van der Waals surface area contributed by atoms with Crippen molar-refractivity contribution in [2.45, 2.75) is 45.2 Å². The Hall–Kier alpha value is -0.870. The first-order valence-electron chi connectivity index (χ1n) is 6.06. The Balaban J connectivity index is 2.60. The highest BCUT2D eigenvalue weighted by atomic mass is 16.3. The smallest absolute Gasteiger partial charge is 0.0627 e. The fourth-order valence-electron chi connectivity index (χ4n) is 1.91. The lowest BCUT2D eigenvalue weighted by molar-refractivity contribution is 0.228. The third-order valence-corrected chi connectivity index (χ3v) is 2.88. The second-order valence-corrected chi connectivity index (χ2v) is 4.24. The number of nitrogens with one attached hydrogen (secondary N) is 1. The molecule has 0 amide bonds. The standard InChI is InChI=1S/C12H23N3O/c1-4-6-11(5-2)14-12(9-16)10-7-13-15(3)8-10/h7-8,11-12,14,16H,4-6,9H2,1-3H3. The minimum Gasteiger partial charge on any atom is -0.394 e. The van der Waals surface area contributed by atoms with Gasteiger partial charge in [-0.15, -0.1) is 0 Å². The van der Waals surface area contributed by atoms with E-state index in [0.717, 1.165) is 24.8 Å². The molecule has 2 atom stereocenters. The zero-order valence-electron chi connectivity index (χ0n) is 10.5. The van der Waals surface area contributed by atoms with Crippen LogP contribution in [0.25, 0.3) is 0 Å². The van der Waals surface area contributed by atoms with E-state index in [4.69, 9.17) is 0 Å². The highest BCUT2D eigenvalue weighted by Gasteiger charge is 2.15. The SMILES string of the molecule is CCCC(CC)NC(CO)c1cnn(C)c1. The summed E-state index contributed by atoms with van der Waals surface area (Å²) in [6, 6.07) is 0.479. The lowest BCUT2D eigenvalue weighted by atomic mass is 10.1. The predicted molar refractivity (Wildman–Crippen MR) is 65.2 cm³/mol. The van der Waals surface area contributed by atoms with E-state index in [-0.39, 0.29) is 12.6 Å². The monoisotopic (exact) mass is 225 g/mol. The van der Waals surface area contributed by atoms with Crippen LogP contribution >= 0.6 is 0 Å². The fraction of sp³-hybridized carbons (Fsp3) is 0.750. The van der Waals surface area contributed by atoms with Gasteiger partial charge in [0.2, 0.25) is 0 Å². The van der Waals surface area contributed by atoms with Gasteiger partial charge in [0, 0.05) is 24.8 Å². The second kappa shape index (κ2) is 6.66. The average molecular weight is 225 g/mol. The highest BCUT2D eigenvalue weighted by Crippen LogP contribution is 2.14. The van der Waals surface area contributed by atoms with Crippen LogP contribution in [-0.4, -0.2) is 27.5 Å². The second-order valence-electron chi connectivity index (χ2n) is 4.24. The molecule has 2 unspecified atom stereocenters. The lowest BCUT2D eigenvalue weighted by Crippen LogP contribution is -2.34. The molecule has 0 fully saturated rings. The molecule has 0 bridgehead atoms. The van der Waals surface area contributed by atoms with Crippen LogP contribution in [0.2, 0.25) is 0 Å². The minimum absolute atomic E-state index is 0.00481. The van der Waals surface area contributed by atoms with E-state index < -0.39 is 0 Å². The maximum Gasteiger partial charge on any atom is 0.0627 e. The molecule has 4 heteroatoms. The minimum atomic E-state index is 0.00481. The first-order valence-corrected chi connectivity index (χ1v) is 6.06. The fourth-order valence-corrected chi connectivity index (χ4v) is 1.91. The third kappa shape index (κ3) is 3.61. The van der Waals surface area contributed by atoms with Crippen LogP contribution in [0.5, 0.6) is 0 Å². The summed E-state index contributed by atoms with van der Waals surface area (Å²) in [5, 5.41) is 17.0. The normalized spacial score (nSPS) is 15.0. The molecule has 0 aromatic carbocycles. The Morgan fingerprint density at radius 1 is 1.50 bits per heavy atom. The molecular weight excluding hydrogens is 202 g/mol. The number of aryl methyl sites for hydroxylation is 1. The van der Waals surface area contributed by atoms with Crippen molar-refractivity contribution >= 4 is 0 Å². The number of aliphatic hydroxyl groups excluding tert-OH is 1. The van der Waals surface area contributed by atoms with Crippen LogP contribution in [0, 0.1) is 0 Å². The van der Waals surface area contributed by atoms with Crippen molar-refractivity contribution in [1.82, 2.24) is 15.1 Å². The van der Waals surface area contributed by atoms with E-state index in [9.17, 15) is 5.11 Å². The Labute approximate surface area is 97.7 Å². The summed E-state index contributed by atoms with van der Waals surface area (Å²) >= 11 is 0. The van der Waals surface area contributed by atoms with Crippen LogP contribution in [0.3, 0.4) is 0 Å². The maximum absolute atomic E-state index is 9.40. The molecule has 1 aromatic rings. The van der Waals surface area contributed by atoms with E-state index in [1.54, 1.807) is 4.68 Å². The molecule has 0 spiro atoms. The van der Waals surface area contributed by atoms with Crippen LogP contribution in [0.4, 0.5) is 0 Å². The lowest BCUT2D eigenvalue weighted by Gasteiger charge is -2.22. The molecule has 1 aromatic heterocycles. The van der Waals surface area contributed by atoms with Crippen molar-refractivity contribution in [1.29, 1.82) is 0 Å². The largest absolute Gasteiger partial charge is 0.394 e. The molecule has 16 heavy (non-hydrogen) atoms. The van der Waals surface area contributed by atoms with E-state index >= 15 is 0 Å². The van der Waals surface area contributed by atoms with Crippen LogP contribution in [0.15, 0.2) is 12.4 Å². The van der Waals surface area contributed by atoms with Crippen molar-refractivity contribution in [2.75, 3.05) is 6.61 Å². The molecule has 1 rings (SSSR count). The van der Waals surface area contributed by atoms with Gasteiger partial charge in [0.1, 0.15) is 0 Å². The Morgan fingerprint density at radius 3 is 2.69 bits per heavy atom. The molecule has 0 aliphatic carbocycles. The number of aliphatic hydroxyl groups is 1. The summed E-state index contributed by atoms with van der Waals surface area (Å²) in [7, 11) is 1.89. The van der Waals surface area contributed by atoms with E-state index in [1.807, 2.05) is 19.4 Å². The Kier molecular flexibility index (Phi) is 5.49. The Bertz CT molecular complexity index is 298. The van der Waals surface area contributed by atoms with Gasteiger partial charge in [-0.05, 0) is 12.8 Å². The van der Waals surface area contributed by atoms with Gasteiger partial charge in [-0.2, -0.15) is 5.10 Å². The number of aromatic nitrogens is 2. The topological polar surface area (TPSA) is 50.1 Å². The summed E-state index contributed by atoms with van der Waals surface area (Å²) < 4.78 is 1.76. The number of rotatable bonds is 7. The van der Waals surface area contributed by atoms with Gasteiger partial charge in [-0.3, -0.25) is 4.68 Å². The molecule has 0 aliphatic heterocycles. The van der Waals surface area contributed by atoms with Crippen LogP contribution < -0.4 is 5.32 Å². The molecule has 0 radical (unpaired) electrons. The van der Waals surface area contributed by atoms with Gasteiger partial charge in [-0.25, -0.2) is 0 Å². The summed E-state index contributed by atoms with van der Waals surface area (Å²) in [5.41, 5.74) is 1.06. The van der Waals surface area contributed by atoms with Crippen molar-refractivity contribution in [3.8, 4) is 0 Å². The summed E-state index contributed by atoms with van der Waals surface area (Å²) in [4.78, 5) is 0. The molecule has 0 saturated carbocycles. The van der Waals surface area contributed by atoms with E-state index in [2.05, 4.69) is 24.3 Å². The molecule has 92 valence electrons. The van der Waals surface area contributed by atoms with E-state index in [1.165, 1.54) is 0 Å². The summed E-state index contributed by atoms with van der Waals surface area (Å²) in [6.45, 7) is 4.47. The molecule has 2 N–H and O–H groups in total. The third-order valence-electron chi connectivity index (χ3n) is 2.88. The molecule has 4 nitrogen and oxygen atoms in total. The summed E-state index contributed by atoms with van der Waals surface area (Å²) in [5.74, 6) is 0. The quantitative estimate of drug-likeness (QED) is 0.741. The zero-order chi connectivity index (χ0) is 12.0. The van der Waals surface area contributed by atoms with Crippen LogP contribution in [-0.2, 0) is 7.05 Å².